The van der Waals surface area contributed by atoms with Crippen LogP contribution >= 0.6 is 0 Å². The Bertz CT molecular complexity index is 5310. The average molecular weight is 1460 g/mol. The number of nitrogens with two attached hydrogens (primary N) is 3. The van der Waals surface area contributed by atoms with E-state index in [-0.39, 0.29) is 35.2 Å². The zero-order valence-electron chi connectivity index (χ0n) is 59.6. The van der Waals surface area contributed by atoms with Crippen LogP contribution in [0.2, 0.25) is 0 Å². The summed E-state index contributed by atoms with van der Waals surface area (Å²) in [7, 11) is -1.12. The van der Waals surface area contributed by atoms with Crippen molar-refractivity contribution in [2.45, 2.75) is 64.7 Å². The van der Waals surface area contributed by atoms with Gasteiger partial charge in [0, 0.05) is 104 Å². The highest BCUT2D eigenvalue weighted by Gasteiger charge is 2.29. The fourth-order valence-electron chi connectivity index (χ4n) is 13.6. The van der Waals surface area contributed by atoms with Crippen molar-refractivity contribution in [1.29, 1.82) is 0 Å². The van der Waals surface area contributed by atoms with Crippen molar-refractivity contribution in [2.24, 2.45) is 18.7 Å². The topological polar surface area (TPSA) is 337 Å². The molecule has 4 aliphatic carbocycles. The van der Waals surface area contributed by atoms with Crippen LogP contribution in [0.5, 0.6) is 0 Å². The molecule has 3 amide bonds. The van der Waals surface area contributed by atoms with Crippen LogP contribution in [-0.4, -0.2) is 89.0 Å². The molecule has 9 N–H and O–H groups in total. The van der Waals surface area contributed by atoms with Gasteiger partial charge >= 0.3 is 16.6 Å². The number of primary amides is 1. The summed E-state index contributed by atoms with van der Waals surface area (Å²) in [5, 5.41) is 15.4. The molecule has 1 saturated carbocycles. The zero-order valence-corrected chi connectivity index (χ0v) is 60.4. The molecule has 15 rings (SSSR count). The molecule has 21 nitrogen and oxygen atoms in total. The summed E-state index contributed by atoms with van der Waals surface area (Å²) in [6.07, 6.45) is 25.0. The lowest BCUT2D eigenvalue weighted by Gasteiger charge is -2.21. The predicted molar refractivity (Wildman–Crippen MR) is 420 cm³/mol. The van der Waals surface area contributed by atoms with Gasteiger partial charge < -0.3 is 41.9 Å². The van der Waals surface area contributed by atoms with Gasteiger partial charge in [-0.25, -0.2) is 24.7 Å². The molecule has 0 spiro atoms. The van der Waals surface area contributed by atoms with Crippen LogP contribution < -0.4 is 27.8 Å². The van der Waals surface area contributed by atoms with E-state index in [9.17, 15) is 19.2 Å². The van der Waals surface area contributed by atoms with Crippen molar-refractivity contribution in [3.05, 3.63) is 323 Å². The highest BCUT2D eigenvalue weighted by Crippen LogP contribution is 2.44. The van der Waals surface area contributed by atoms with Crippen molar-refractivity contribution >= 4 is 79.6 Å². The Labute approximate surface area is 627 Å². The number of carboxylic acids is 1. The first-order valence-electron chi connectivity index (χ1n) is 35.2. The number of amides is 3. The zero-order chi connectivity index (χ0) is 75.9. The van der Waals surface area contributed by atoms with Gasteiger partial charge in [0.1, 0.15) is 0 Å². The van der Waals surface area contributed by atoms with Crippen LogP contribution in [0.15, 0.2) is 282 Å². The maximum absolute atomic E-state index is 13.0. The van der Waals surface area contributed by atoms with Crippen LogP contribution in [0, 0.1) is 5.92 Å². The number of hydrogen-bond donors (Lipinski definition) is 6. The summed E-state index contributed by atoms with van der Waals surface area (Å²) in [6.45, 7) is 3.30. The summed E-state index contributed by atoms with van der Waals surface area (Å²) in [5.74, 6) is 0.456. The number of hydrogen-bond acceptors (Lipinski definition) is 16. The van der Waals surface area contributed by atoms with E-state index in [1.54, 1.807) is 55.6 Å². The smallest absolute Gasteiger partial charge is 0.425 e. The molecule has 0 saturated heterocycles. The lowest BCUT2D eigenvalue weighted by atomic mass is 9.89. The SMILES string of the molecule is CC1=C(c2ccncc2)CC(c2ccccc2)=C1C(N)=O.Cn1c(-c2ccncc2)cc(-c2ccc(C(=O)O)cc2)c1-c1ccco1.Nc1nccc(C2=CC(C(=O)NCC3CCCCC3)=C(c3ccccc3)C2)n1.Nc1nccc(C2=CC(C(=O)NCCc3ccccc3)=C(c3ccccc3)C2)n1.O=S(=O)=O. The van der Waals surface area contributed by atoms with E-state index in [4.69, 9.17) is 39.4 Å². The normalized spacial score (nSPS) is 13.8. The second-order valence-corrected chi connectivity index (χ2v) is 26.2. The number of furan rings is 1. The molecule has 22 heteroatoms. The molecule has 0 aliphatic heterocycles. The molecule has 6 aromatic heterocycles. The molecular weight excluding hydrogens is 1380 g/mol. The van der Waals surface area contributed by atoms with Gasteiger partial charge in [0.15, 0.2) is 5.76 Å². The largest absolute Gasteiger partial charge is 0.478 e. The standard InChI is InChI=1S/C24H22N4O.C23H26N4O.C21H16N2O3.C18H16N2O.O3S/c25-24-27-14-12-22(28-24)19-15-20(18-9-5-2-6-10-18)21(16-19)23(29)26-13-11-17-7-3-1-4-8-17;24-23-25-12-11-21(27-23)18-13-19(17-9-5-2-6-10-17)20(14-18)22(28)26-15-16-7-3-1-4-8-16;1-23-18(15-8-10-22-11-9-15)13-17(20(23)19-3-2-12-26-19)14-4-6-16(7-5-14)21(24)25;1-12-15(14-7-9-20-10-8-14)11-16(17(12)18(19)21)13-5-3-2-4-6-13;1-4(2)3/h1-10,12,14,16H,11,13,15H2,(H,26,29)(H2,25,27,28);2,5-6,9-12,14,16H,1,3-4,7-8,13,15H2,(H,26,28)(H2,24,25,27);2-13H,1H3,(H,24,25);2-10H,11H2,1H3,(H2,19,21);. The third kappa shape index (κ3) is 19.7. The van der Waals surface area contributed by atoms with Gasteiger partial charge in [0.2, 0.25) is 17.8 Å². The molecule has 0 radical (unpaired) electrons. The Hall–Kier alpha value is -13.3. The maximum atomic E-state index is 13.0. The van der Waals surface area contributed by atoms with Crippen molar-refractivity contribution in [3.63, 3.8) is 0 Å². The number of rotatable bonds is 18. The molecule has 11 aromatic rings. The van der Waals surface area contributed by atoms with E-state index in [0.29, 0.717) is 36.5 Å². The Morgan fingerprint density at radius 3 is 1.51 bits per heavy atom. The fourth-order valence-corrected chi connectivity index (χ4v) is 13.6. The number of aromatic nitrogens is 7. The summed E-state index contributed by atoms with van der Waals surface area (Å²) in [6, 6.07) is 64.4. The number of carbonyl (C=O) groups excluding carboxylic acids is 3. The number of aromatic carboxylic acids is 1. The molecule has 544 valence electrons. The highest BCUT2D eigenvalue weighted by atomic mass is 32.2. The lowest BCUT2D eigenvalue weighted by molar-refractivity contribution is -0.118. The van der Waals surface area contributed by atoms with Crippen LogP contribution in [-0.2, 0) is 38.5 Å². The summed E-state index contributed by atoms with van der Waals surface area (Å²) in [5.41, 5.74) is 38.4. The minimum Gasteiger partial charge on any atom is -0.478 e. The van der Waals surface area contributed by atoms with Crippen LogP contribution in [0.4, 0.5) is 11.9 Å². The Kier molecular flexibility index (Phi) is 25.9. The number of allylic oxidation sites excluding steroid dienone is 6. The fraction of sp³-hybridized carbons (Fsp3) is 0.163. The number of carboxylic acid groups (broad SMARTS) is 1. The summed E-state index contributed by atoms with van der Waals surface area (Å²) < 4.78 is 33.1. The van der Waals surface area contributed by atoms with E-state index in [0.717, 1.165) is 131 Å². The quantitative estimate of drug-likeness (QED) is 0.0465. The number of anilines is 2. The molecule has 4 aliphatic rings. The Morgan fingerprint density at radius 2 is 1.03 bits per heavy atom. The molecular formula is C86H80N12O9S. The first-order valence-corrected chi connectivity index (χ1v) is 36.2. The maximum Gasteiger partial charge on any atom is 0.425 e. The minimum absolute atomic E-state index is 0.00135. The molecule has 0 bridgehead atoms. The molecule has 5 aromatic carbocycles. The second kappa shape index (κ2) is 36.9. The van der Waals surface area contributed by atoms with Crippen LogP contribution in [0.3, 0.4) is 0 Å². The first kappa shape index (κ1) is 75.8. The number of nitrogens with one attached hydrogen (secondary N) is 2. The number of pyridine rings is 2. The third-order valence-corrected chi connectivity index (χ3v) is 18.9. The Balaban J connectivity index is 0.000000142. The third-order valence-electron chi connectivity index (χ3n) is 18.9. The summed E-state index contributed by atoms with van der Waals surface area (Å²) >= 11 is 0. The molecule has 1 fully saturated rings. The van der Waals surface area contributed by atoms with E-state index in [1.165, 1.54) is 37.7 Å². The molecule has 0 atom stereocenters. The van der Waals surface area contributed by atoms with Gasteiger partial charge in [-0.1, -0.05) is 153 Å². The van der Waals surface area contributed by atoms with Gasteiger partial charge in [-0.2, -0.15) is 0 Å². The average Bonchev–Trinajstić information content (AvgIpc) is 1.63. The lowest BCUT2D eigenvalue weighted by Crippen LogP contribution is -2.31. The van der Waals surface area contributed by atoms with E-state index < -0.39 is 16.6 Å². The van der Waals surface area contributed by atoms with Crippen LogP contribution in [0.1, 0.15) is 108 Å². The predicted octanol–water partition coefficient (Wildman–Crippen LogP) is 14.6. The van der Waals surface area contributed by atoms with E-state index in [1.807, 2.05) is 184 Å². The van der Waals surface area contributed by atoms with Crippen molar-refractivity contribution in [2.75, 3.05) is 24.6 Å². The molecule has 0 unspecified atom stereocenters. The van der Waals surface area contributed by atoms with Gasteiger partial charge in [-0.3, -0.25) is 24.4 Å². The van der Waals surface area contributed by atoms with Gasteiger partial charge in [-0.15, -0.1) is 12.6 Å². The monoisotopic (exact) mass is 1460 g/mol. The van der Waals surface area contributed by atoms with Crippen molar-refractivity contribution in [1.82, 2.24) is 45.1 Å². The minimum atomic E-state index is -3.11. The van der Waals surface area contributed by atoms with E-state index >= 15 is 0 Å². The summed E-state index contributed by atoms with van der Waals surface area (Å²) in [4.78, 5) is 73.8. The second-order valence-electron chi connectivity index (χ2n) is 25.8. The van der Waals surface area contributed by atoms with Crippen LogP contribution in [0.25, 0.3) is 67.3 Å². The van der Waals surface area contributed by atoms with Crippen molar-refractivity contribution < 1.29 is 41.3 Å². The van der Waals surface area contributed by atoms with Gasteiger partial charge in [0.05, 0.1) is 28.9 Å². The number of nitrogen functional groups attached to an aromatic ring is 2. The molecule has 108 heavy (non-hydrogen) atoms. The number of carbonyl (C=O) groups is 4. The Morgan fingerprint density at radius 1 is 0.546 bits per heavy atom. The number of benzene rings is 5. The first-order chi connectivity index (χ1) is 52.5. The molecule has 6 heterocycles. The number of nitrogens with zero attached hydrogens (tertiary/aromatic N) is 7. The highest BCUT2D eigenvalue weighted by molar-refractivity contribution is 7.59. The van der Waals surface area contributed by atoms with E-state index in [2.05, 4.69) is 75.4 Å². The van der Waals surface area contributed by atoms with Gasteiger partial charge in [0.25, 0.3) is 11.8 Å². The van der Waals surface area contributed by atoms with Crippen molar-refractivity contribution in [3.8, 4) is 33.8 Å². The van der Waals surface area contributed by atoms with Gasteiger partial charge in [-0.05, 0) is 190 Å².